The normalized spacial score (nSPS) is 16.5. The van der Waals surface area contributed by atoms with Crippen LogP contribution in [0.25, 0.3) is 0 Å². The SMILES string of the molecule is CCOC(=O)C(C)(C)Oc1ccc2c(c1)[C@@H](N(C(=O)CC)c1ccc(Cl)cc1)CC(C)N2C(=O)c1ccc(F)cc1. The second kappa shape index (κ2) is 12.3. The van der Waals surface area contributed by atoms with Gasteiger partial charge >= 0.3 is 5.97 Å². The van der Waals surface area contributed by atoms with Crippen LogP contribution >= 0.6 is 11.6 Å². The molecule has 0 aliphatic carbocycles. The van der Waals surface area contributed by atoms with Gasteiger partial charge in [0.05, 0.1) is 12.6 Å². The van der Waals surface area contributed by atoms with Gasteiger partial charge in [-0.2, -0.15) is 0 Å². The van der Waals surface area contributed by atoms with Crippen LogP contribution in [-0.2, 0) is 14.3 Å². The van der Waals surface area contributed by atoms with Crippen molar-refractivity contribution in [2.75, 3.05) is 16.4 Å². The summed E-state index contributed by atoms with van der Waals surface area (Å²) in [7, 11) is 0. The van der Waals surface area contributed by atoms with Crippen LogP contribution in [0.5, 0.6) is 5.75 Å². The minimum atomic E-state index is -1.28. The van der Waals surface area contributed by atoms with Crippen molar-refractivity contribution >= 4 is 40.8 Å². The molecule has 1 aliphatic heterocycles. The van der Waals surface area contributed by atoms with E-state index in [1.54, 1.807) is 80.0 Å². The predicted molar refractivity (Wildman–Crippen MR) is 157 cm³/mol. The number of esters is 1. The summed E-state index contributed by atoms with van der Waals surface area (Å²) in [6.45, 7) is 8.89. The zero-order chi connectivity index (χ0) is 29.9. The van der Waals surface area contributed by atoms with Crippen molar-refractivity contribution in [2.45, 2.75) is 65.1 Å². The van der Waals surface area contributed by atoms with E-state index in [0.717, 1.165) is 0 Å². The number of carbonyl (C=O) groups is 3. The van der Waals surface area contributed by atoms with E-state index in [4.69, 9.17) is 21.1 Å². The van der Waals surface area contributed by atoms with Gasteiger partial charge in [-0.25, -0.2) is 9.18 Å². The van der Waals surface area contributed by atoms with E-state index in [1.807, 2.05) is 6.92 Å². The second-order valence-electron chi connectivity index (χ2n) is 10.4. The summed E-state index contributed by atoms with van der Waals surface area (Å²) in [5.41, 5.74) is 0.992. The van der Waals surface area contributed by atoms with E-state index >= 15 is 0 Å². The molecule has 2 atom stereocenters. The molecule has 7 nitrogen and oxygen atoms in total. The van der Waals surface area contributed by atoms with Crippen LogP contribution in [0.3, 0.4) is 0 Å². The average Bonchev–Trinajstić information content (AvgIpc) is 2.94. The topological polar surface area (TPSA) is 76.2 Å². The number of carbonyl (C=O) groups excluding carboxylic acids is 3. The van der Waals surface area contributed by atoms with E-state index in [0.29, 0.717) is 39.7 Å². The highest BCUT2D eigenvalue weighted by molar-refractivity contribution is 6.30. The fourth-order valence-electron chi connectivity index (χ4n) is 5.07. The lowest BCUT2D eigenvalue weighted by atomic mass is 9.89. The molecule has 0 saturated heterocycles. The number of benzene rings is 3. The van der Waals surface area contributed by atoms with E-state index in [9.17, 15) is 18.8 Å². The first-order valence-corrected chi connectivity index (χ1v) is 14.0. The Morgan fingerprint density at radius 1 is 1.02 bits per heavy atom. The summed E-state index contributed by atoms with van der Waals surface area (Å²) in [4.78, 5) is 43.1. The van der Waals surface area contributed by atoms with Gasteiger partial charge in [-0.15, -0.1) is 0 Å². The quantitative estimate of drug-likeness (QED) is 0.265. The summed E-state index contributed by atoms with van der Waals surface area (Å²) < 4.78 is 24.9. The molecule has 9 heteroatoms. The first-order valence-electron chi connectivity index (χ1n) is 13.6. The van der Waals surface area contributed by atoms with Crippen molar-refractivity contribution in [1.29, 1.82) is 0 Å². The van der Waals surface area contributed by atoms with Crippen molar-refractivity contribution in [1.82, 2.24) is 0 Å². The van der Waals surface area contributed by atoms with Crippen LogP contribution in [0, 0.1) is 5.82 Å². The summed E-state index contributed by atoms with van der Waals surface area (Å²) in [6.07, 6.45) is 0.673. The van der Waals surface area contributed by atoms with Gasteiger partial charge in [0, 0.05) is 40.0 Å². The molecule has 3 aromatic rings. The Bertz CT molecular complexity index is 1430. The highest BCUT2D eigenvalue weighted by Crippen LogP contribution is 2.45. The van der Waals surface area contributed by atoms with Crippen LogP contribution in [-0.4, -0.2) is 36.0 Å². The van der Waals surface area contributed by atoms with Crippen LogP contribution in [0.15, 0.2) is 66.7 Å². The molecule has 3 aromatic carbocycles. The standard InChI is InChI=1S/C32H34ClFN2O5/c1-6-29(37)36(24-14-10-22(33)11-15-24)28-18-20(3)35(30(38)21-8-12-23(34)13-9-21)27-17-16-25(19-26(27)28)41-32(4,5)31(39)40-7-2/h8-17,19-20,28H,6-7,18H2,1-5H3/t20?,28-/m0/s1. The van der Waals surface area contributed by atoms with Gasteiger partial charge < -0.3 is 19.3 Å². The van der Waals surface area contributed by atoms with Crippen molar-refractivity contribution in [3.8, 4) is 5.75 Å². The maximum atomic E-state index is 13.7. The first-order chi connectivity index (χ1) is 19.5. The molecule has 41 heavy (non-hydrogen) atoms. The summed E-state index contributed by atoms with van der Waals surface area (Å²) in [5.74, 6) is -0.962. The molecule has 0 bridgehead atoms. The number of anilines is 2. The maximum Gasteiger partial charge on any atom is 0.349 e. The Kier molecular flexibility index (Phi) is 9.02. The monoisotopic (exact) mass is 580 g/mol. The Balaban J connectivity index is 1.85. The average molecular weight is 581 g/mol. The Morgan fingerprint density at radius 2 is 1.68 bits per heavy atom. The molecule has 0 aromatic heterocycles. The highest BCUT2D eigenvalue weighted by Gasteiger charge is 2.40. The molecule has 216 valence electrons. The number of fused-ring (bicyclic) bond motifs is 1. The molecule has 1 unspecified atom stereocenters. The maximum absolute atomic E-state index is 13.7. The zero-order valence-corrected chi connectivity index (χ0v) is 24.6. The molecule has 0 fully saturated rings. The first kappa shape index (κ1) is 30.1. The third kappa shape index (κ3) is 6.38. The predicted octanol–water partition coefficient (Wildman–Crippen LogP) is 7.12. The van der Waals surface area contributed by atoms with E-state index < -0.39 is 23.4 Å². The number of ether oxygens (including phenoxy) is 2. The van der Waals surface area contributed by atoms with Crippen molar-refractivity contribution < 1.29 is 28.2 Å². The number of nitrogens with zero attached hydrogens (tertiary/aromatic N) is 2. The fraction of sp³-hybridized carbons (Fsp3) is 0.344. The third-order valence-corrected chi connectivity index (χ3v) is 7.31. The van der Waals surface area contributed by atoms with E-state index in [2.05, 4.69) is 0 Å². The molecular formula is C32H34ClFN2O5. The lowest BCUT2D eigenvalue weighted by molar-refractivity contribution is -0.158. The van der Waals surface area contributed by atoms with Crippen molar-refractivity contribution in [3.63, 3.8) is 0 Å². The van der Waals surface area contributed by atoms with Crippen molar-refractivity contribution in [2.24, 2.45) is 0 Å². The van der Waals surface area contributed by atoms with Crippen LogP contribution < -0.4 is 14.5 Å². The summed E-state index contributed by atoms with van der Waals surface area (Å²) in [5, 5.41) is 0.544. The van der Waals surface area contributed by atoms with Gasteiger partial charge in [-0.05, 0) is 101 Å². The van der Waals surface area contributed by atoms with Crippen LogP contribution in [0.4, 0.5) is 15.8 Å². The number of hydrogen-bond acceptors (Lipinski definition) is 5. The lowest BCUT2D eigenvalue weighted by Gasteiger charge is -2.44. The largest absolute Gasteiger partial charge is 0.476 e. The van der Waals surface area contributed by atoms with Gasteiger partial charge in [0.1, 0.15) is 11.6 Å². The molecule has 0 saturated carbocycles. The smallest absolute Gasteiger partial charge is 0.349 e. The number of hydrogen-bond donors (Lipinski definition) is 0. The van der Waals surface area contributed by atoms with Gasteiger partial charge in [0.15, 0.2) is 5.60 Å². The molecule has 4 rings (SSSR count). The highest BCUT2D eigenvalue weighted by atomic mass is 35.5. The van der Waals surface area contributed by atoms with Crippen LogP contribution in [0.1, 0.15) is 69.4 Å². The van der Waals surface area contributed by atoms with Crippen LogP contribution in [0.2, 0.25) is 5.02 Å². The minimum Gasteiger partial charge on any atom is -0.476 e. The number of amides is 2. The molecule has 1 heterocycles. The summed E-state index contributed by atoms with van der Waals surface area (Å²) >= 11 is 6.15. The van der Waals surface area contributed by atoms with Gasteiger partial charge in [0.25, 0.3) is 5.91 Å². The Hall–Kier alpha value is -3.91. The Labute approximate surface area is 244 Å². The second-order valence-corrected chi connectivity index (χ2v) is 10.9. The molecule has 1 aliphatic rings. The molecule has 0 N–H and O–H groups in total. The summed E-state index contributed by atoms with van der Waals surface area (Å²) in [6, 6.07) is 16.9. The van der Waals surface area contributed by atoms with Gasteiger partial charge in [-0.1, -0.05) is 18.5 Å². The third-order valence-electron chi connectivity index (χ3n) is 7.06. The van der Waals surface area contributed by atoms with Gasteiger partial charge in [0.2, 0.25) is 5.91 Å². The van der Waals surface area contributed by atoms with E-state index in [-0.39, 0.29) is 30.9 Å². The molecule has 0 radical (unpaired) electrons. The minimum absolute atomic E-state index is 0.105. The zero-order valence-electron chi connectivity index (χ0n) is 23.8. The molecular weight excluding hydrogens is 547 g/mol. The Morgan fingerprint density at radius 3 is 2.29 bits per heavy atom. The van der Waals surface area contributed by atoms with Gasteiger partial charge in [-0.3, -0.25) is 9.59 Å². The van der Waals surface area contributed by atoms with Crippen molar-refractivity contribution in [3.05, 3.63) is 88.7 Å². The number of rotatable bonds is 8. The lowest BCUT2D eigenvalue weighted by Crippen LogP contribution is -2.48. The van der Waals surface area contributed by atoms with E-state index in [1.165, 1.54) is 24.3 Å². The molecule has 2 amide bonds. The number of halogens is 2. The fourth-order valence-corrected chi connectivity index (χ4v) is 5.20. The molecule has 0 spiro atoms.